The number of rotatable bonds is 9. The molecule has 3 fully saturated rings. The highest BCUT2D eigenvalue weighted by molar-refractivity contribution is 5.94. The Kier molecular flexibility index (Phi) is 11.7. The minimum atomic E-state index is -2.31. The monoisotopic (exact) mass is 821 g/mol. The van der Waals surface area contributed by atoms with E-state index in [9.17, 15) is 34.5 Å². The van der Waals surface area contributed by atoms with E-state index in [1.807, 2.05) is 0 Å². The van der Waals surface area contributed by atoms with Gasteiger partial charge < -0.3 is 49.1 Å². The molecule has 2 saturated carbocycles. The average Bonchev–Trinajstić information content (AvgIpc) is 3.16. The number of hydrogen-bond acceptors (Lipinski definition) is 14. The maximum atomic E-state index is 15.0. The normalized spacial score (nSPS) is 33.3. The third-order valence-corrected chi connectivity index (χ3v) is 12.8. The number of ketones is 1. The van der Waals surface area contributed by atoms with Gasteiger partial charge in [-0.15, -0.1) is 0 Å². The molecule has 320 valence electrons. The lowest BCUT2D eigenvalue weighted by Gasteiger charge is -2.67. The summed E-state index contributed by atoms with van der Waals surface area (Å²) < 4.78 is 35.6. The van der Waals surface area contributed by atoms with Crippen LogP contribution in [0.1, 0.15) is 90.2 Å². The van der Waals surface area contributed by atoms with Gasteiger partial charge in [0.05, 0.1) is 35.6 Å². The molecule has 59 heavy (non-hydrogen) atoms. The summed E-state index contributed by atoms with van der Waals surface area (Å²) in [6, 6.07) is 15.3. The Morgan fingerprint density at radius 2 is 1.56 bits per heavy atom. The molecule has 0 spiro atoms. The van der Waals surface area contributed by atoms with Crippen LogP contribution in [-0.4, -0.2) is 112 Å². The first-order valence-corrected chi connectivity index (χ1v) is 19.7. The van der Waals surface area contributed by atoms with Crippen molar-refractivity contribution in [1.82, 2.24) is 5.32 Å². The fourth-order valence-corrected chi connectivity index (χ4v) is 9.78. The summed E-state index contributed by atoms with van der Waals surface area (Å²) in [5.41, 5.74) is -7.72. The SMILES string of the molecule is CO[C@@H](C(=O)O[C@H]1C[C@@]2(O)C(OC(=O)c3ccccc3)C3[C@]4(OC(C)=O)COC4C[C@H](O)[C@@]3(C)C(=O)[C@H](O)C(=C1C)C2(C)C)[C@@H](NC(=O)OC(C)(C)C)c1ccccc1. The maximum absolute atomic E-state index is 15.0. The number of aliphatic hydroxyl groups is 3. The molecule has 0 aromatic heterocycles. The van der Waals surface area contributed by atoms with Crippen molar-refractivity contribution in [2.45, 2.75) is 128 Å². The molecule has 4 aliphatic rings. The van der Waals surface area contributed by atoms with Crippen molar-refractivity contribution in [3.05, 3.63) is 82.9 Å². The number of amides is 1. The molecule has 3 unspecified atom stereocenters. The highest BCUT2D eigenvalue weighted by Gasteiger charge is 2.78. The van der Waals surface area contributed by atoms with E-state index >= 15 is 4.79 Å². The van der Waals surface area contributed by atoms with E-state index in [-0.39, 0.29) is 29.7 Å². The summed E-state index contributed by atoms with van der Waals surface area (Å²) >= 11 is 0. The Morgan fingerprint density at radius 3 is 2.10 bits per heavy atom. The van der Waals surface area contributed by atoms with Gasteiger partial charge in [-0.25, -0.2) is 14.4 Å². The maximum Gasteiger partial charge on any atom is 0.408 e. The predicted octanol–water partition coefficient (Wildman–Crippen LogP) is 3.91. The summed E-state index contributed by atoms with van der Waals surface area (Å²) in [4.78, 5) is 69.6. The smallest absolute Gasteiger partial charge is 0.408 e. The van der Waals surface area contributed by atoms with E-state index in [0.29, 0.717) is 5.56 Å². The standard InChI is InChI=1S/C44H55NO14/c1-23-27(56-38(51)33(54-9)31(25-16-12-10-13-17-25)45-39(52)59-40(3,4)5)21-44(53)36(57-37(50)26-18-14-11-15-19-26)34-42(8,35(49)32(48)30(23)41(44,6)7)28(47)20-29-43(34,22-55-29)58-24(2)46/h10-19,27-29,31-34,36,47-48,53H,20-22H2,1-9H3,(H,45,52)/t27-,28-,29?,31-,32+,33+,34?,36?,42+,43-,44+/m0/s1. The van der Waals surface area contributed by atoms with Gasteiger partial charge in [-0.2, -0.15) is 0 Å². The van der Waals surface area contributed by atoms with Crippen LogP contribution in [0.5, 0.6) is 0 Å². The quantitative estimate of drug-likeness (QED) is 0.161. The molecule has 15 heteroatoms. The van der Waals surface area contributed by atoms with Gasteiger partial charge in [0.25, 0.3) is 0 Å². The van der Waals surface area contributed by atoms with Gasteiger partial charge in [-0.3, -0.25) is 9.59 Å². The first-order chi connectivity index (χ1) is 27.5. The fraction of sp³-hybridized carbons (Fsp3) is 0.568. The number of ether oxygens (including phenoxy) is 6. The number of nitrogens with one attached hydrogen (secondary N) is 1. The Bertz CT molecular complexity index is 1990. The number of benzene rings is 2. The summed E-state index contributed by atoms with van der Waals surface area (Å²) in [6.07, 6.45) is -10.6. The van der Waals surface area contributed by atoms with E-state index in [0.717, 1.165) is 0 Å². The Balaban J connectivity index is 1.50. The van der Waals surface area contributed by atoms with Crippen LogP contribution in [0.4, 0.5) is 4.79 Å². The second kappa shape index (κ2) is 15.7. The number of aliphatic hydroxyl groups excluding tert-OH is 2. The van der Waals surface area contributed by atoms with Crippen molar-refractivity contribution in [3.8, 4) is 0 Å². The number of carbonyl (C=O) groups is 5. The number of Topliss-reactive ketones (excluding diaryl/α,β-unsaturated/α-hetero) is 1. The zero-order valence-electron chi connectivity index (χ0n) is 34.8. The topological polar surface area (TPSA) is 213 Å². The summed E-state index contributed by atoms with van der Waals surface area (Å²) in [7, 11) is 1.26. The molecule has 1 saturated heterocycles. The summed E-state index contributed by atoms with van der Waals surface area (Å²) in [6.45, 7) is 12.1. The minimum absolute atomic E-state index is 0.0179. The van der Waals surface area contributed by atoms with Crippen molar-refractivity contribution in [3.63, 3.8) is 0 Å². The third-order valence-electron chi connectivity index (χ3n) is 12.8. The lowest BCUT2D eigenvalue weighted by molar-refractivity contribution is -0.346. The number of hydrogen-bond donors (Lipinski definition) is 4. The first-order valence-electron chi connectivity index (χ1n) is 19.7. The molecule has 1 aliphatic heterocycles. The molecule has 3 aliphatic carbocycles. The second-order valence-corrected chi connectivity index (χ2v) is 17.8. The third kappa shape index (κ3) is 7.45. The number of fused-ring (bicyclic) bond motifs is 5. The Labute approximate surface area is 343 Å². The highest BCUT2D eigenvalue weighted by Crippen LogP contribution is 2.64. The van der Waals surface area contributed by atoms with Crippen LogP contribution in [0.25, 0.3) is 0 Å². The first kappa shape index (κ1) is 43.9. The van der Waals surface area contributed by atoms with Gasteiger partial charge in [0.1, 0.15) is 35.6 Å². The van der Waals surface area contributed by atoms with E-state index in [4.69, 9.17) is 28.4 Å². The van der Waals surface area contributed by atoms with Gasteiger partial charge in [-0.1, -0.05) is 62.4 Å². The zero-order valence-corrected chi connectivity index (χ0v) is 34.8. The van der Waals surface area contributed by atoms with Gasteiger partial charge in [0.15, 0.2) is 17.5 Å². The molecular formula is C44H55NO14. The van der Waals surface area contributed by atoms with Crippen LogP contribution in [0.2, 0.25) is 0 Å². The van der Waals surface area contributed by atoms with Crippen LogP contribution in [0.15, 0.2) is 71.8 Å². The largest absolute Gasteiger partial charge is 0.456 e. The number of methoxy groups -OCH3 is 1. The number of alkyl carbamates (subject to hydrolysis) is 1. The van der Waals surface area contributed by atoms with Crippen LogP contribution >= 0.6 is 0 Å². The molecule has 0 radical (unpaired) electrons. The second-order valence-electron chi connectivity index (χ2n) is 17.8. The minimum Gasteiger partial charge on any atom is -0.456 e. The Hall–Kier alpha value is -4.67. The molecule has 2 aromatic carbocycles. The van der Waals surface area contributed by atoms with Gasteiger partial charge in [0, 0.05) is 32.3 Å². The van der Waals surface area contributed by atoms with Crippen molar-refractivity contribution >= 4 is 29.8 Å². The van der Waals surface area contributed by atoms with Crippen LogP contribution < -0.4 is 5.32 Å². The molecular weight excluding hydrogens is 766 g/mol. The molecule has 11 atom stereocenters. The van der Waals surface area contributed by atoms with Gasteiger partial charge in [0.2, 0.25) is 0 Å². The highest BCUT2D eigenvalue weighted by atomic mass is 16.6. The van der Waals surface area contributed by atoms with E-state index in [2.05, 4.69) is 5.32 Å². The van der Waals surface area contributed by atoms with E-state index < -0.39 is 112 Å². The van der Waals surface area contributed by atoms with Gasteiger partial charge >= 0.3 is 24.0 Å². The summed E-state index contributed by atoms with van der Waals surface area (Å²) in [5, 5.41) is 40.4. The van der Waals surface area contributed by atoms with Crippen molar-refractivity contribution < 1.29 is 67.7 Å². The molecule has 1 amide bonds. The molecule has 4 N–H and O–H groups in total. The van der Waals surface area contributed by atoms with E-state index in [1.165, 1.54) is 33.1 Å². The number of carbonyl (C=O) groups excluding carboxylic acids is 5. The zero-order chi connectivity index (χ0) is 43.5. The predicted molar refractivity (Wildman–Crippen MR) is 208 cm³/mol. The van der Waals surface area contributed by atoms with E-state index in [1.54, 1.807) is 90.1 Å². The lowest BCUT2D eigenvalue weighted by atomic mass is 9.44. The van der Waals surface area contributed by atoms with Crippen LogP contribution in [0, 0.1) is 16.7 Å². The van der Waals surface area contributed by atoms with Crippen LogP contribution in [-0.2, 0) is 42.8 Å². The molecule has 6 rings (SSSR count). The van der Waals surface area contributed by atoms with Crippen LogP contribution in [0.3, 0.4) is 0 Å². The van der Waals surface area contributed by atoms with Gasteiger partial charge in [-0.05, 0) is 63.5 Å². The van der Waals surface area contributed by atoms with Crippen molar-refractivity contribution in [2.24, 2.45) is 16.7 Å². The summed E-state index contributed by atoms with van der Waals surface area (Å²) in [5.74, 6) is -5.02. The Morgan fingerprint density at radius 1 is 0.949 bits per heavy atom. The average molecular weight is 822 g/mol. The van der Waals surface area contributed by atoms with Crippen molar-refractivity contribution in [2.75, 3.05) is 13.7 Å². The fourth-order valence-electron chi connectivity index (χ4n) is 9.78. The molecule has 2 bridgehead atoms. The molecule has 2 aromatic rings. The lowest BCUT2D eigenvalue weighted by Crippen LogP contribution is -2.81. The molecule has 15 nitrogen and oxygen atoms in total. The van der Waals surface area contributed by atoms with Crippen molar-refractivity contribution in [1.29, 1.82) is 0 Å². The molecule has 1 heterocycles. The number of esters is 3.